The lowest BCUT2D eigenvalue weighted by atomic mass is 10.0. The molecule has 0 atom stereocenters. The molecule has 100 valence electrons. The van der Waals surface area contributed by atoms with Gasteiger partial charge in [-0.25, -0.2) is 4.98 Å². The predicted octanol–water partition coefficient (Wildman–Crippen LogP) is 5.23. The average molecular weight is 340 g/mol. The van der Waals surface area contributed by atoms with Crippen LogP contribution in [0.3, 0.4) is 0 Å². The van der Waals surface area contributed by atoms with Gasteiger partial charge in [-0.2, -0.15) is 0 Å². The molecule has 0 aliphatic rings. The normalized spacial score (nSPS) is 10.8. The molecule has 4 heteroatoms. The highest BCUT2D eigenvalue weighted by atomic mass is 79.9. The smallest absolute Gasteiger partial charge is 0.145 e. The number of pyridine rings is 1. The summed E-state index contributed by atoms with van der Waals surface area (Å²) < 4.78 is 0.879. The van der Waals surface area contributed by atoms with E-state index in [1.165, 1.54) is 11.1 Å². The Morgan fingerprint density at radius 3 is 2.53 bits per heavy atom. The first-order chi connectivity index (χ1) is 9.06. The summed E-state index contributed by atoms with van der Waals surface area (Å²) >= 11 is 9.45. The average Bonchev–Trinajstić information content (AvgIpc) is 2.38. The van der Waals surface area contributed by atoms with E-state index in [1.54, 1.807) is 6.20 Å². The molecule has 0 amide bonds. The number of nitrogens with zero attached hydrogens (tertiary/aromatic N) is 1. The largest absolute Gasteiger partial charge is 0.365 e. The maximum Gasteiger partial charge on any atom is 0.145 e. The monoisotopic (exact) mass is 338 g/mol. The molecule has 19 heavy (non-hydrogen) atoms. The van der Waals surface area contributed by atoms with Gasteiger partial charge in [0.05, 0.1) is 5.02 Å². The molecular formula is C15H16BrClN2. The van der Waals surface area contributed by atoms with Crippen LogP contribution in [0.15, 0.2) is 41.0 Å². The Bertz CT molecular complexity index is 553. The van der Waals surface area contributed by atoms with Gasteiger partial charge in [0.2, 0.25) is 0 Å². The number of anilines is 1. The highest BCUT2D eigenvalue weighted by Gasteiger charge is 2.03. The number of rotatable bonds is 4. The Morgan fingerprint density at radius 1 is 1.26 bits per heavy atom. The van der Waals surface area contributed by atoms with Gasteiger partial charge in [-0.05, 0) is 39.0 Å². The molecule has 0 fully saturated rings. The number of nitrogens with one attached hydrogen (secondary N) is 1. The Morgan fingerprint density at radius 2 is 1.95 bits per heavy atom. The second-order valence-corrected chi connectivity index (χ2v) is 6.06. The molecule has 1 aromatic carbocycles. The van der Waals surface area contributed by atoms with E-state index in [9.17, 15) is 0 Å². The second kappa shape index (κ2) is 6.40. The molecule has 0 aliphatic carbocycles. The first-order valence-electron chi connectivity index (χ1n) is 6.20. The zero-order chi connectivity index (χ0) is 13.8. The predicted molar refractivity (Wildman–Crippen MR) is 84.8 cm³/mol. The van der Waals surface area contributed by atoms with Crippen LogP contribution in [0.1, 0.15) is 30.9 Å². The van der Waals surface area contributed by atoms with Crippen molar-refractivity contribution in [2.24, 2.45) is 0 Å². The Labute approximate surface area is 127 Å². The summed E-state index contributed by atoms with van der Waals surface area (Å²) in [6.07, 6.45) is 1.73. The Balaban J connectivity index is 2.02. The first kappa shape index (κ1) is 14.4. The van der Waals surface area contributed by atoms with E-state index in [2.05, 4.69) is 64.3 Å². The summed E-state index contributed by atoms with van der Waals surface area (Å²) in [5.74, 6) is 1.27. The van der Waals surface area contributed by atoms with Gasteiger partial charge in [0.15, 0.2) is 0 Å². The van der Waals surface area contributed by atoms with E-state index in [4.69, 9.17) is 11.6 Å². The van der Waals surface area contributed by atoms with Crippen LogP contribution in [0.2, 0.25) is 5.02 Å². The molecule has 2 aromatic rings. The fraction of sp³-hybridized carbons (Fsp3) is 0.267. The van der Waals surface area contributed by atoms with Gasteiger partial charge in [-0.1, -0.05) is 49.7 Å². The van der Waals surface area contributed by atoms with E-state index in [0.717, 1.165) is 4.47 Å². The quantitative estimate of drug-likeness (QED) is 0.824. The third kappa shape index (κ3) is 3.95. The molecule has 0 bridgehead atoms. The molecule has 0 unspecified atom stereocenters. The van der Waals surface area contributed by atoms with Crippen molar-refractivity contribution in [1.29, 1.82) is 0 Å². The number of aromatic nitrogens is 1. The van der Waals surface area contributed by atoms with E-state index in [0.29, 0.717) is 23.3 Å². The standard InChI is InChI=1S/C15H16BrClN2/c1-10(2)12-5-3-11(4-6-12)8-18-15-14(17)7-13(16)9-19-15/h3-7,9-10H,8H2,1-2H3,(H,18,19). The van der Waals surface area contributed by atoms with Crippen molar-refractivity contribution in [1.82, 2.24) is 4.98 Å². The summed E-state index contributed by atoms with van der Waals surface area (Å²) in [6.45, 7) is 5.10. The molecular weight excluding hydrogens is 324 g/mol. The minimum atomic E-state index is 0.560. The summed E-state index contributed by atoms with van der Waals surface area (Å²) in [5.41, 5.74) is 2.56. The third-order valence-electron chi connectivity index (χ3n) is 2.91. The van der Waals surface area contributed by atoms with Crippen LogP contribution < -0.4 is 5.32 Å². The number of hydrogen-bond acceptors (Lipinski definition) is 2. The van der Waals surface area contributed by atoms with Gasteiger partial charge < -0.3 is 5.32 Å². The van der Waals surface area contributed by atoms with E-state index < -0.39 is 0 Å². The first-order valence-corrected chi connectivity index (χ1v) is 7.37. The molecule has 0 spiro atoms. The molecule has 1 N–H and O–H groups in total. The lowest BCUT2D eigenvalue weighted by Crippen LogP contribution is -2.02. The highest BCUT2D eigenvalue weighted by molar-refractivity contribution is 9.10. The van der Waals surface area contributed by atoms with Gasteiger partial charge in [-0.15, -0.1) is 0 Å². The maximum absolute atomic E-state index is 6.11. The molecule has 2 rings (SSSR count). The van der Waals surface area contributed by atoms with Crippen molar-refractivity contribution in [3.8, 4) is 0 Å². The topological polar surface area (TPSA) is 24.9 Å². The third-order valence-corrected chi connectivity index (χ3v) is 3.64. The van der Waals surface area contributed by atoms with Crippen LogP contribution in [-0.2, 0) is 6.54 Å². The minimum absolute atomic E-state index is 0.560. The number of benzene rings is 1. The molecule has 0 saturated carbocycles. The van der Waals surface area contributed by atoms with E-state index in [1.807, 2.05) is 6.07 Å². The lowest BCUT2D eigenvalue weighted by Gasteiger charge is -2.09. The van der Waals surface area contributed by atoms with Crippen molar-refractivity contribution in [2.45, 2.75) is 26.3 Å². The molecule has 2 nitrogen and oxygen atoms in total. The van der Waals surface area contributed by atoms with Crippen molar-refractivity contribution in [3.63, 3.8) is 0 Å². The van der Waals surface area contributed by atoms with Crippen LogP contribution in [0.5, 0.6) is 0 Å². The van der Waals surface area contributed by atoms with Crippen LogP contribution in [-0.4, -0.2) is 4.98 Å². The molecule has 0 radical (unpaired) electrons. The van der Waals surface area contributed by atoms with Crippen molar-refractivity contribution < 1.29 is 0 Å². The molecule has 1 heterocycles. The fourth-order valence-corrected chi connectivity index (χ4v) is 2.45. The Kier molecular flexibility index (Phi) is 4.83. The van der Waals surface area contributed by atoms with Gasteiger partial charge in [0.25, 0.3) is 0 Å². The zero-order valence-electron chi connectivity index (χ0n) is 11.0. The fourth-order valence-electron chi connectivity index (χ4n) is 1.75. The van der Waals surface area contributed by atoms with Gasteiger partial charge in [0.1, 0.15) is 5.82 Å². The molecule has 1 aromatic heterocycles. The number of hydrogen-bond donors (Lipinski definition) is 1. The van der Waals surface area contributed by atoms with Crippen molar-refractivity contribution >= 4 is 33.3 Å². The SMILES string of the molecule is CC(C)c1ccc(CNc2ncc(Br)cc2Cl)cc1. The summed E-state index contributed by atoms with van der Waals surface area (Å²) in [5, 5.41) is 3.86. The minimum Gasteiger partial charge on any atom is -0.365 e. The summed E-state index contributed by atoms with van der Waals surface area (Å²) in [4.78, 5) is 4.25. The molecule has 0 saturated heterocycles. The second-order valence-electron chi connectivity index (χ2n) is 4.73. The van der Waals surface area contributed by atoms with Crippen molar-refractivity contribution in [2.75, 3.05) is 5.32 Å². The zero-order valence-corrected chi connectivity index (χ0v) is 13.3. The Hall–Kier alpha value is -1.06. The van der Waals surface area contributed by atoms with Gasteiger partial charge in [-0.3, -0.25) is 0 Å². The summed E-state index contributed by atoms with van der Waals surface area (Å²) in [6, 6.07) is 10.4. The lowest BCUT2D eigenvalue weighted by molar-refractivity contribution is 0.865. The van der Waals surface area contributed by atoms with E-state index in [-0.39, 0.29) is 0 Å². The van der Waals surface area contributed by atoms with Crippen LogP contribution in [0.25, 0.3) is 0 Å². The van der Waals surface area contributed by atoms with Crippen molar-refractivity contribution in [3.05, 3.63) is 57.2 Å². The molecule has 0 aliphatic heterocycles. The number of halogens is 2. The van der Waals surface area contributed by atoms with Crippen LogP contribution in [0, 0.1) is 0 Å². The van der Waals surface area contributed by atoms with Crippen LogP contribution >= 0.6 is 27.5 Å². The van der Waals surface area contributed by atoms with Gasteiger partial charge >= 0.3 is 0 Å². The maximum atomic E-state index is 6.11. The summed E-state index contributed by atoms with van der Waals surface area (Å²) in [7, 11) is 0. The highest BCUT2D eigenvalue weighted by Crippen LogP contribution is 2.23. The van der Waals surface area contributed by atoms with Gasteiger partial charge in [0, 0.05) is 17.2 Å². The van der Waals surface area contributed by atoms with E-state index >= 15 is 0 Å². The van der Waals surface area contributed by atoms with Crippen LogP contribution in [0.4, 0.5) is 5.82 Å².